The van der Waals surface area contributed by atoms with E-state index in [4.69, 9.17) is 4.74 Å². The summed E-state index contributed by atoms with van der Waals surface area (Å²) in [7, 11) is 0. The van der Waals surface area contributed by atoms with Gasteiger partial charge in [-0.2, -0.15) is 0 Å². The van der Waals surface area contributed by atoms with Crippen molar-refractivity contribution in [3.05, 3.63) is 0 Å². The lowest BCUT2D eigenvalue weighted by Gasteiger charge is -2.31. The molecule has 0 aromatic rings. The van der Waals surface area contributed by atoms with Crippen molar-refractivity contribution < 1.29 is 4.74 Å². The van der Waals surface area contributed by atoms with Crippen molar-refractivity contribution in [2.24, 2.45) is 29.6 Å². The molecule has 15 heavy (non-hydrogen) atoms. The Hall–Kier alpha value is -0.0400. The number of hydrogen-bond donors (Lipinski definition) is 0. The Morgan fingerprint density at radius 3 is 2.07 bits per heavy atom. The zero-order chi connectivity index (χ0) is 11.4. The third-order valence-electron chi connectivity index (χ3n) is 4.11. The fourth-order valence-electron chi connectivity index (χ4n) is 2.86. The number of hydrogen-bond acceptors (Lipinski definition) is 1. The molecule has 0 saturated carbocycles. The maximum Gasteiger partial charge on any atom is 0.0499 e. The summed E-state index contributed by atoms with van der Waals surface area (Å²) in [5, 5.41) is 0. The van der Waals surface area contributed by atoms with Gasteiger partial charge in [-0.05, 0) is 36.0 Å². The van der Waals surface area contributed by atoms with Gasteiger partial charge in [-0.1, -0.05) is 41.0 Å². The summed E-state index contributed by atoms with van der Waals surface area (Å²) in [6, 6.07) is 0. The van der Waals surface area contributed by atoms with Crippen molar-refractivity contribution in [1.29, 1.82) is 0 Å². The second kappa shape index (κ2) is 5.89. The van der Waals surface area contributed by atoms with Crippen LogP contribution in [0.2, 0.25) is 0 Å². The Balaban J connectivity index is 2.70. The van der Waals surface area contributed by atoms with Crippen LogP contribution in [-0.2, 0) is 4.74 Å². The van der Waals surface area contributed by atoms with Gasteiger partial charge in [-0.25, -0.2) is 0 Å². The molecule has 0 bridgehead atoms. The zero-order valence-electron chi connectivity index (χ0n) is 11.1. The molecule has 3 unspecified atom stereocenters. The second-order valence-corrected chi connectivity index (χ2v) is 5.86. The van der Waals surface area contributed by atoms with Crippen LogP contribution >= 0.6 is 0 Å². The van der Waals surface area contributed by atoms with E-state index in [-0.39, 0.29) is 0 Å². The van der Waals surface area contributed by atoms with E-state index in [0.717, 1.165) is 42.8 Å². The molecule has 3 atom stereocenters. The monoisotopic (exact) mass is 212 g/mol. The van der Waals surface area contributed by atoms with E-state index in [9.17, 15) is 0 Å². The molecular weight excluding hydrogens is 184 g/mol. The minimum atomic E-state index is 0.757. The average molecular weight is 212 g/mol. The Morgan fingerprint density at radius 2 is 1.60 bits per heavy atom. The van der Waals surface area contributed by atoms with Crippen LogP contribution in [0.1, 0.15) is 47.5 Å². The topological polar surface area (TPSA) is 9.23 Å². The molecule has 1 saturated heterocycles. The van der Waals surface area contributed by atoms with Crippen molar-refractivity contribution in [3.63, 3.8) is 0 Å². The van der Waals surface area contributed by atoms with Gasteiger partial charge in [0, 0.05) is 13.2 Å². The maximum atomic E-state index is 5.85. The third kappa shape index (κ3) is 3.48. The molecule has 0 N–H and O–H groups in total. The molecule has 0 aromatic carbocycles. The molecule has 0 aliphatic carbocycles. The Kier molecular flexibility index (Phi) is 5.11. The molecule has 1 aliphatic rings. The minimum absolute atomic E-state index is 0.757. The van der Waals surface area contributed by atoms with Crippen molar-refractivity contribution in [3.8, 4) is 0 Å². The first-order chi connectivity index (χ1) is 7.06. The molecule has 0 amide bonds. The van der Waals surface area contributed by atoms with E-state index in [1.807, 2.05) is 0 Å². The van der Waals surface area contributed by atoms with Gasteiger partial charge in [0.2, 0.25) is 0 Å². The highest BCUT2D eigenvalue weighted by Crippen LogP contribution is 2.36. The fourth-order valence-corrected chi connectivity index (χ4v) is 2.86. The molecule has 1 heteroatoms. The maximum absolute atomic E-state index is 5.85. The smallest absolute Gasteiger partial charge is 0.0499 e. The van der Waals surface area contributed by atoms with E-state index in [2.05, 4.69) is 34.6 Å². The SMILES string of the molecule is CCC1COCC(C(C)C)C(C(C)C)C1. The highest BCUT2D eigenvalue weighted by Gasteiger charge is 2.31. The summed E-state index contributed by atoms with van der Waals surface area (Å²) in [5.41, 5.74) is 0. The van der Waals surface area contributed by atoms with Crippen LogP contribution in [0, 0.1) is 29.6 Å². The molecule has 0 spiro atoms. The van der Waals surface area contributed by atoms with Crippen LogP contribution in [-0.4, -0.2) is 13.2 Å². The van der Waals surface area contributed by atoms with Crippen LogP contribution in [0.5, 0.6) is 0 Å². The Labute approximate surface area is 95.6 Å². The standard InChI is InChI=1S/C14H28O/c1-6-12-7-13(10(2)3)14(11(4)5)9-15-8-12/h10-14H,6-9H2,1-5H3. The van der Waals surface area contributed by atoms with Crippen molar-refractivity contribution in [1.82, 2.24) is 0 Å². The summed E-state index contributed by atoms with van der Waals surface area (Å²) in [6.45, 7) is 13.7. The van der Waals surface area contributed by atoms with Gasteiger partial charge < -0.3 is 4.74 Å². The molecule has 0 radical (unpaired) electrons. The zero-order valence-corrected chi connectivity index (χ0v) is 11.1. The lowest BCUT2D eigenvalue weighted by Crippen LogP contribution is -2.27. The van der Waals surface area contributed by atoms with Crippen LogP contribution in [0.15, 0.2) is 0 Å². The van der Waals surface area contributed by atoms with E-state index in [0.29, 0.717) is 0 Å². The molecule has 0 aromatic heterocycles. The highest BCUT2D eigenvalue weighted by atomic mass is 16.5. The highest BCUT2D eigenvalue weighted by molar-refractivity contribution is 4.80. The number of rotatable bonds is 3. The molecular formula is C14H28O. The van der Waals surface area contributed by atoms with Crippen molar-refractivity contribution in [2.45, 2.75) is 47.5 Å². The predicted molar refractivity (Wildman–Crippen MR) is 65.9 cm³/mol. The third-order valence-corrected chi connectivity index (χ3v) is 4.11. The van der Waals surface area contributed by atoms with Gasteiger partial charge >= 0.3 is 0 Å². The molecule has 1 fully saturated rings. The number of ether oxygens (including phenoxy) is 1. The predicted octanol–water partition coefficient (Wildman–Crippen LogP) is 3.98. The molecule has 1 heterocycles. The first-order valence-corrected chi connectivity index (χ1v) is 6.64. The molecule has 90 valence electrons. The molecule has 1 rings (SSSR count). The summed E-state index contributed by atoms with van der Waals surface area (Å²) < 4.78 is 5.85. The van der Waals surface area contributed by atoms with Gasteiger partial charge in [0.05, 0.1) is 0 Å². The summed E-state index contributed by atoms with van der Waals surface area (Å²) >= 11 is 0. The largest absolute Gasteiger partial charge is 0.381 e. The van der Waals surface area contributed by atoms with E-state index >= 15 is 0 Å². The lowest BCUT2D eigenvalue weighted by atomic mass is 9.74. The quantitative estimate of drug-likeness (QED) is 0.687. The van der Waals surface area contributed by atoms with Gasteiger partial charge in [0.1, 0.15) is 0 Å². The fraction of sp³-hybridized carbons (Fsp3) is 1.00. The van der Waals surface area contributed by atoms with Crippen LogP contribution in [0.3, 0.4) is 0 Å². The van der Waals surface area contributed by atoms with E-state index in [1.165, 1.54) is 12.8 Å². The van der Waals surface area contributed by atoms with Crippen LogP contribution < -0.4 is 0 Å². The van der Waals surface area contributed by atoms with Crippen LogP contribution in [0.25, 0.3) is 0 Å². The van der Waals surface area contributed by atoms with E-state index in [1.54, 1.807) is 0 Å². The van der Waals surface area contributed by atoms with Crippen molar-refractivity contribution >= 4 is 0 Å². The molecule has 1 nitrogen and oxygen atoms in total. The second-order valence-electron chi connectivity index (χ2n) is 5.86. The van der Waals surface area contributed by atoms with Crippen LogP contribution in [0.4, 0.5) is 0 Å². The minimum Gasteiger partial charge on any atom is -0.381 e. The Morgan fingerprint density at radius 1 is 1.00 bits per heavy atom. The van der Waals surface area contributed by atoms with Gasteiger partial charge in [0.15, 0.2) is 0 Å². The average Bonchev–Trinajstić information content (AvgIpc) is 2.38. The molecule has 1 aliphatic heterocycles. The van der Waals surface area contributed by atoms with Gasteiger partial charge in [0.25, 0.3) is 0 Å². The van der Waals surface area contributed by atoms with Gasteiger partial charge in [-0.3, -0.25) is 0 Å². The van der Waals surface area contributed by atoms with E-state index < -0.39 is 0 Å². The normalized spacial score (nSPS) is 33.4. The van der Waals surface area contributed by atoms with Gasteiger partial charge in [-0.15, -0.1) is 0 Å². The Bertz CT molecular complexity index is 174. The van der Waals surface area contributed by atoms with Crippen molar-refractivity contribution in [2.75, 3.05) is 13.2 Å². The summed E-state index contributed by atoms with van der Waals surface area (Å²) in [5.74, 6) is 3.97. The first kappa shape index (κ1) is 13.0. The first-order valence-electron chi connectivity index (χ1n) is 6.64. The summed E-state index contributed by atoms with van der Waals surface area (Å²) in [6.07, 6.45) is 2.64. The lowest BCUT2D eigenvalue weighted by molar-refractivity contribution is 0.0670. The summed E-state index contributed by atoms with van der Waals surface area (Å²) in [4.78, 5) is 0.